The van der Waals surface area contributed by atoms with E-state index >= 15 is 0 Å². The Labute approximate surface area is 103 Å². The van der Waals surface area contributed by atoms with E-state index in [1.807, 2.05) is 26.0 Å². The average Bonchev–Trinajstić information content (AvgIpc) is 2.64. The predicted octanol–water partition coefficient (Wildman–Crippen LogP) is 2.80. The van der Waals surface area contributed by atoms with Gasteiger partial charge in [-0.2, -0.15) is 0 Å². The Morgan fingerprint density at radius 2 is 2.12 bits per heavy atom. The number of aliphatic hydroxyl groups excluding tert-OH is 1. The molecule has 1 aromatic heterocycles. The second kappa shape index (κ2) is 4.95. The van der Waals surface area contributed by atoms with Crippen LogP contribution in [-0.2, 0) is 6.61 Å². The third-order valence-electron chi connectivity index (χ3n) is 2.20. The van der Waals surface area contributed by atoms with Gasteiger partial charge in [0.25, 0.3) is 0 Å². The van der Waals surface area contributed by atoms with E-state index < -0.39 is 0 Å². The fourth-order valence-corrected chi connectivity index (χ4v) is 3.22. The second-order valence-corrected chi connectivity index (χ2v) is 5.94. The summed E-state index contributed by atoms with van der Waals surface area (Å²) in [6, 6.07) is 6.01. The van der Waals surface area contributed by atoms with Crippen LogP contribution in [0.3, 0.4) is 0 Å². The maximum atomic E-state index is 9.08. The molecule has 1 aromatic carbocycles. The van der Waals surface area contributed by atoms with Crippen molar-refractivity contribution in [1.29, 1.82) is 0 Å². The highest BCUT2D eigenvalue weighted by Crippen LogP contribution is 2.30. The molecule has 0 aliphatic carbocycles. The topological polar surface area (TPSA) is 46.0 Å². The molecule has 2 aromatic rings. The Balaban J connectivity index is 2.19. The summed E-state index contributed by atoms with van der Waals surface area (Å²) in [5.74, 6) is 0. The molecule has 0 atom stereocenters. The number of nitrogens with zero attached hydrogens (tertiary/aromatic N) is 2. The van der Waals surface area contributed by atoms with Gasteiger partial charge in [-0.1, -0.05) is 29.2 Å². The van der Waals surface area contributed by atoms with Gasteiger partial charge in [0.15, 0.2) is 4.34 Å². The summed E-state index contributed by atoms with van der Waals surface area (Å²) < 4.78 is 0.952. The quantitative estimate of drug-likeness (QED) is 0.912. The largest absolute Gasteiger partial charge is 0.392 e. The van der Waals surface area contributed by atoms with Gasteiger partial charge in [-0.3, -0.25) is 0 Å². The number of benzene rings is 1. The lowest BCUT2D eigenvalue weighted by Gasteiger charge is -2.04. The van der Waals surface area contributed by atoms with Gasteiger partial charge in [-0.05, 0) is 37.1 Å². The van der Waals surface area contributed by atoms with Crippen LogP contribution in [0.2, 0.25) is 0 Å². The van der Waals surface area contributed by atoms with Crippen LogP contribution in [0.5, 0.6) is 0 Å². The molecule has 0 fully saturated rings. The van der Waals surface area contributed by atoms with Crippen molar-refractivity contribution < 1.29 is 5.11 Å². The first kappa shape index (κ1) is 11.6. The zero-order valence-electron chi connectivity index (χ0n) is 9.10. The van der Waals surface area contributed by atoms with Crippen molar-refractivity contribution in [2.75, 3.05) is 0 Å². The van der Waals surface area contributed by atoms with Crippen LogP contribution >= 0.6 is 23.1 Å². The molecule has 1 N–H and O–H groups in total. The summed E-state index contributed by atoms with van der Waals surface area (Å²) in [4.78, 5) is 1.13. The highest BCUT2D eigenvalue weighted by Gasteiger charge is 2.04. The Kier molecular flexibility index (Phi) is 3.58. The van der Waals surface area contributed by atoms with Gasteiger partial charge in [0.05, 0.1) is 6.61 Å². The molecule has 0 aliphatic rings. The maximum Gasteiger partial charge on any atom is 0.179 e. The minimum Gasteiger partial charge on any atom is -0.392 e. The van der Waals surface area contributed by atoms with Crippen molar-refractivity contribution in [3.05, 3.63) is 34.3 Å². The zero-order chi connectivity index (χ0) is 11.5. The number of aromatic nitrogens is 2. The van der Waals surface area contributed by atoms with E-state index in [2.05, 4.69) is 16.3 Å². The van der Waals surface area contributed by atoms with Crippen molar-refractivity contribution in [2.24, 2.45) is 0 Å². The summed E-state index contributed by atoms with van der Waals surface area (Å²) in [7, 11) is 0. The van der Waals surface area contributed by atoms with Gasteiger partial charge in [0.1, 0.15) is 5.01 Å². The minimum absolute atomic E-state index is 0.0920. The van der Waals surface area contributed by atoms with Gasteiger partial charge in [0.2, 0.25) is 0 Å². The number of hydrogen-bond acceptors (Lipinski definition) is 5. The van der Waals surface area contributed by atoms with Gasteiger partial charge in [0, 0.05) is 4.90 Å². The van der Waals surface area contributed by atoms with E-state index in [9.17, 15) is 0 Å². The lowest BCUT2D eigenvalue weighted by atomic mass is 10.1. The lowest BCUT2D eigenvalue weighted by Crippen LogP contribution is -1.88. The summed E-state index contributed by atoms with van der Waals surface area (Å²) >= 11 is 3.19. The first-order chi connectivity index (χ1) is 7.69. The maximum absolute atomic E-state index is 9.08. The molecule has 3 nitrogen and oxygen atoms in total. The number of rotatable bonds is 3. The number of aryl methyl sites for hydroxylation is 2. The Morgan fingerprint density at radius 1 is 1.31 bits per heavy atom. The first-order valence-corrected chi connectivity index (χ1v) is 6.50. The van der Waals surface area contributed by atoms with Crippen LogP contribution in [0.1, 0.15) is 16.1 Å². The van der Waals surface area contributed by atoms with Crippen molar-refractivity contribution in [3.8, 4) is 0 Å². The summed E-state index contributed by atoms with van der Waals surface area (Å²) in [6.45, 7) is 4.04. The molecular formula is C11H12N2OS2. The van der Waals surface area contributed by atoms with Gasteiger partial charge in [-0.25, -0.2) is 0 Å². The molecule has 2 rings (SSSR count). The monoisotopic (exact) mass is 252 g/mol. The summed E-state index contributed by atoms with van der Waals surface area (Å²) in [6.07, 6.45) is 0. The fraction of sp³-hybridized carbons (Fsp3) is 0.273. The van der Waals surface area contributed by atoms with Crippen LogP contribution in [0.25, 0.3) is 0 Å². The highest BCUT2D eigenvalue weighted by atomic mass is 32.2. The van der Waals surface area contributed by atoms with E-state index in [1.165, 1.54) is 0 Å². The molecule has 84 valence electrons. The van der Waals surface area contributed by atoms with Crippen molar-refractivity contribution >= 4 is 23.1 Å². The molecule has 0 amide bonds. The van der Waals surface area contributed by atoms with Crippen LogP contribution < -0.4 is 0 Å². The van der Waals surface area contributed by atoms with Crippen molar-refractivity contribution in [3.63, 3.8) is 0 Å². The standard InChI is InChI=1S/C11H12N2OS2/c1-7-5-10(4-3-9(7)6-14)16-11-13-12-8(2)15-11/h3-5,14H,6H2,1-2H3. The molecular weight excluding hydrogens is 240 g/mol. The van der Waals surface area contributed by atoms with E-state index in [1.54, 1.807) is 23.1 Å². The third-order valence-corrected chi connectivity index (χ3v) is 4.08. The molecule has 0 saturated carbocycles. The summed E-state index contributed by atoms with van der Waals surface area (Å²) in [5.41, 5.74) is 2.08. The minimum atomic E-state index is 0.0920. The van der Waals surface area contributed by atoms with Gasteiger partial charge >= 0.3 is 0 Å². The van der Waals surface area contributed by atoms with Crippen molar-refractivity contribution in [1.82, 2.24) is 10.2 Å². The predicted molar refractivity (Wildman–Crippen MR) is 65.9 cm³/mol. The molecule has 5 heteroatoms. The molecule has 1 heterocycles. The van der Waals surface area contributed by atoms with Crippen LogP contribution in [-0.4, -0.2) is 15.3 Å². The molecule has 16 heavy (non-hydrogen) atoms. The SMILES string of the molecule is Cc1nnc(Sc2ccc(CO)c(C)c2)s1. The Hall–Kier alpha value is -0.910. The lowest BCUT2D eigenvalue weighted by molar-refractivity contribution is 0.281. The van der Waals surface area contributed by atoms with Crippen LogP contribution in [0.15, 0.2) is 27.4 Å². The molecule has 0 spiro atoms. The Bertz CT molecular complexity index is 496. The smallest absolute Gasteiger partial charge is 0.179 e. The van der Waals surface area contributed by atoms with Crippen LogP contribution in [0.4, 0.5) is 0 Å². The van der Waals surface area contributed by atoms with Gasteiger partial charge in [-0.15, -0.1) is 10.2 Å². The Morgan fingerprint density at radius 3 is 2.69 bits per heavy atom. The molecule has 0 bridgehead atoms. The third kappa shape index (κ3) is 2.61. The highest BCUT2D eigenvalue weighted by molar-refractivity contribution is 8.01. The average molecular weight is 252 g/mol. The van der Waals surface area contributed by atoms with Crippen molar-refractivity contribution in [2.45, 2.75) is 29.7 Å². The number of aliphatic hydroxyl groups is 1. The second-order valence-electron chi connectivity index (χ2n) is 3.44. The number of hydrogen-bond donors (Lipinski definition) is 1. The fourth-order valence-electron chi connectivity index (χ4n) is 1.33. The van der Waals surface area contributed by atoms with E-state index in [0.29, 0.717) is 0 Å². The van der Waals surface area contributed by atoms with Gasteiger partial charge < -0.3 is 5.11 Å². The molecule has 0 aliphatic heterocycles. The molecule has 0 radical (unpaired) electrons. The van der Waals surface area contributed by atoms with Crippen LogP contribution in [0, 0.1) is 13.8 Å². The zero-order valence-corrected chi connectivity index (χ0v) is 10.7. The van der Waals surface area contributed by atoms with E-state index in [0.717, 1.165) is 25.4 Å². The molecule has 0 saturated heterocycles. The van der Waals surface area contributed by atoms with E-state index in [4.69, 9.17) is 5.11 Å². The van der Waals surface area contributed by atoms with E-state index in [-0.39, 0.29) is 6.61 Å². The normalized spacial score (nSPS) is 10.7. The summed E-state index contributed by atoms with van der Waals surface area (Å²) in [5, 5.41) is 18.1. The molecule has 0 unspecified atom stereocenters. The first-order valence-electron chi connectivity index (χ1n) is 4.87.